The average Bonchev–Trinajstić information content (AvgIpc) is 2.26. The molecule has 0 saturated carbocycles. The average molecular weight is 193 g/mol. The van der Waals surface area contributed by atoms with E-state index in [1.807, 2.05) is 18.2 Å². The first-order valence-electron chi connectivity index (χ1n) is 3.94. The maximum Gasteiger partial charge on any atom is 0.192 e. The lowest BCUT2D eigenvalue weighted by Gasteiger charge is -2.02. The highest BCUT2D eigenvalue weighted by molar-refractivity contribution is 6.46. The summed E-state index contributed by atoms with van der Waals surface area (Å²) in [5.41, 5.74) is 6.45. The monoisotopic (exact) mass is 193 g/mol. The second kappa shape index (κ2) is 4.86. The van der Waals surface area contributed by atoms with Crippen molar-refractivity contribution in [3.05, 3.63) is 35.9 Å². The molecule has 0 heterocycles. The van der Waals surface area contributed by atoms with Crippen molar-refractivity contribution in [3.8, 4) is 0 Å². The van der Waals surface area contributed by atoms with E-state index >= 15 is 0 Å². The normalized spacial score (nSPS) is 12.6. The maximum atomic E-state index is 8.52. The van der Waals surface area contributed by atoms with Crippen molar-refractivity contribution in [2.75, 3.05) is 7.11 Å². The lowest BCUT2D eigenvalue weighted by Crippen LogP contribution is -2.25. The van der Waals surface area contributed by atoms with Gasteiger partial charge in [0.05, 0.1) is 0 Å². The minimum Gasteiger partial charge on any atom is -0.409 e. The second-order valence-electron chi connectivity index (χ2n) is 2.47. The number of amidine groups is 1. The van der Waals surface area contributed by atoms with E-state index < -0.39 is 0 Å². The number of hydrogen-bond acceptors (Lipinski definition) is 4. The van der Waals surface area contributed by atoms with E-state index in [9.17, 15) is 0 Å². The third kappa shape index (κ3) is 2.22. The number of oxime groups is 2. The minimum atomic E-state index is -0.0851. The Morgan fingerprint density at radius 1 is 1.36 bits per heavy atom. The number of hydrogen-bond donors (Lipinski definition) is 2. The van der Waals surface area contributed by atoms with E-state index in [0.29, 0.717) is 5.71 Å². The Morgan fingerprint density at radius 3 is 2.50 bits per heavy atom. The van der Waals surface area contributed by atoms with Crippen LogP contribution in [-0.2, 0) is 4.84 Å². The van der Waals surface area contributed by atoms with Gasteiger partial charge in [-0.1, -0.05) is 40.6 Å². The fourth-order valence-corrected chi connectivity index (χ4v) is 0.982. The van der Waals surface area contributed by atoms with Crippen LogP contribution in [0.25, 0.3) is 0 Å². The molecule has 0 saturated heterocycles. The van der Waals surface area contributed by atoms with Gasteiger partial charge in [0.1, 0.15) is 7.11 Å². The van der Waals surface area contributed by atoms with Crippen LogP contribution in [0.1, 0.15) is 5.56 Å². The van der Waals surface area contributed by atoms with Crippen molar-refractivity contribution in [3.63, 3.8) is 0 Å². The summed E-state index contributed by atoms with van der Waals surface area (Å²) in [6.07, 6.45) is 0. The first kappa shape index (κ1) is 10.0. The van der Waals surface area contributed by atoms with Crippen LogP contribution >= 0.6 is 0 Å². The zero-order valence-corrected chi connectivity index (χ0v) is 7.71. The van der Waals surface area contributed by atoms with Gasteiger partial charge in [-0.3, -0.25) is 0 Å². The fourth-order valence-electron chi connectivity index (χ4n) is 0.982. The van der Waals surface area contributed by atoms with E-state index in [1.54, 1.807) is 12.1 Å². The van der Waals surface area contributed by atoms with E-state index in [-0.39, 0.29) is 5.84 Å². The summed E-state index contributed by atoms with van der Waals surface area (Å²) in [5, 5.41) is 15.1. The first-order valence-corrected chi connectivity index (χ1v) is 3.94. The molecule has 1 aromatic rings. The highest BCUT2D eigenvalue weighted by Crippen LogP contribution is 2.01. The highest BCUT2D eigenvalue weighted by atomic mass is 16.6. The summed E-state index contributed by atoms with van der Waals surface area (Å²) in [4.78, 5) is 4.60. The fraction of sp³-hybridized carbons (Fsp3) is 0.111. The Balaban J connectivity index is 3.08. The van der Waals surface area contributed by atoms with Crippen LogP contribution in [0.4, 0.5) is 0 Å². The number of rotatable bonds is 3. The molecule has 1 rings (SSSR count). The van der Waals surface area contributed by atoms with Crippen molar-refractivity contribution in [2.24, 2.45) is 16.0 Å². The van der Waals surface area contributed by atoms with E-state index in [1.165, 1.54) is 7.11 Å². The molecule has 0 radical (unpaired) electrons. The van der Waals surface area contributed by atoms with E-state index in [2.05, 4.69) is 15.1 Å². The smallest absolute Gasteiger partial charge is 0.192 e. The maximum absolute atomic E-state index is 8.52. The summed E-state index contributed by atoms with van der Waals surface area (Å²) in [6, 6.07) is 9.09. The summed E-state index contributed by atoms with van der Waals surface area (Å²) < 4.78 is 0. The lowest BCUT2D eigenvalue weighted by molar-refractivity contribution is 0.214. The van der Waals surface area contributed by atoms with Crippen molar-refractivity contribution in [1.29, 1.82) is 0 Å². The Labute approximate surface area is 81.5 Å². The second-order valence-corrected chi connectivity index (χ2v) is 2.47. The van der Waals surface area contributed by atoms with Gasteiger partial charge in [-0.05, 0) is 0 Å². The van der Waals surface area contributed by atoms with Gasteiger partial charge in [-0.25, -0.2) is 0 Å². The van der Waals surface area contributed by atoms with Gasteiger partial charge >= 0.3 is 0 Å². The molecule has 0 aliphatic rings. The lowest BCUT2D eigenvalue weighted by atomic mass is 10.1. The van der Waals surface area contributed by atoms with Gasteiger partial charge in [0.25, 0.3) is 0 Å². The highest BCUT2D eigenvalue weighted by Gasteiger charge is 2.08. The largest absolute Gasteiger partial charge is 0.409 e. The molecule has 14 heavy (non-hydrogen) atoms. The molecule has 0 atom stereocenters. The van der Waals surface area contributed by atoms with Crippen LogP contribution in [0.15, 0.2) is 40.6 Å². The molecule has 0 bridgehead atoms. The van der Waals surface area contributed by atoms with Crippen molar-refractivity contribution < 1.29 is 10.0 Å². The number of benzene rings is 1. The van der Waals surface area contributed by atoms with Crippen LogP contribution < -0.4 is 5.73 Å². The van der Waals surface area contributed by atoms with Gasteiger partial charge < -0.3 is 15.8 Å². The van der Waals surface area contributed by atoms with E-state index in [0.717, 1.165) is 5.56 Å². The molecule has 0 fully saturated rings. The summed E-state index contributed by atoms with van der Waals surface area (Å²) in [6.45, 7) is 0. The molecule has 5 heteroatoms. The molecule has 0 unspecified atom stereocenters. The SMILES string of the molecule is CO/N=C(/C(N)=N/O)c1ccccc1. The standard InChI is InChI=1S/C9H11N3O2/c1-14-12-8(9(10)11-13)7-5-3-2-4-6-7/h2-6,13H,1H3,(H2,10,11)/b12-8+. The summed E-state index contributed by atoms with van der Waals surface area (Å²) >= 11 is 0. The molecule has 0 aromatic heterocycles. The zero-order chi connectivity index (χ0) is 10.4. The van der Waals surface area contributed by atoms with Crippen molar-refractivity contribution >= 4 is 11.5 Å². The third-order valence-corrected chi connectivity index (χ3v) is 1.58. The molecule has 1 aromatic carbocycles. The number of nitrogens with zero attached hydrogens (tertiary/aromatic N) is 2. The van der Waals surface area contributed by atoms with Gasteiger partial charge in [0.2, 0.25) is 0 Å². The van der Waals surface area contributed by atoms with E-state index in [4.69, 9.17) is 10.9 Å². The number of nitrogens with two attached hydrogens (primary N) is 1. The molecule has 5 nitrogen and oxygen atoms in total. The topological polar surface area (TPSA) is 80.2 Å². The van der Waals surface area contributed by atoms with Crippen molar-refractivity contribution in [1.82, 2.24) is 0 Å². The molecule has 3 N–H and O–H groups in total. The van der Waals surface area contributed by atoms with Gasteiger partial charge in [0, 0.05) is 5.56 Å². The molecular formula is C9H11N3O2. The molecule has 0 aliphatic heterocycles. The molecule has 74 valence electrons. The van der Waals surface area contributed by atoms with Crippen LogP contribution in [0, 0.1) is 0 Å². The third-order valence-electron chi connectivity index (χ3n) is 1.58. The first-order chi connectivity index (χ1) is 6.79. The van der Waals surface area contributed by atoms with Crippen LogP contribution in [-0.4, -0.2) is 23.9 Å². The van der Waals surface area contributed by atoms with Crippen LogP contribution in [0.2, 0.25) is 0 Å². The Hall–Kier alpha value is -2.04. The predicted molar refractivity (Wildman–Crippen MR) is 53.4 cm³/mol. The van der Waals surface area contributed by atoms with Crippen LogP contribution in [0.5, 0.6) is 0 Å². The minimum absolute atomic E-state index is 0.0851. The summed E-state index contributed by atoms with van der Waals surface area (Å²) in [5.74, 6) is -0.0851. The Kier molecular flexibility index (Phi) is 3.49. The molecular weight excluding hydrogens is 182 g/mol. The van der Waals surface area contributed by atoms with Gasteiger partial charge in [0.15, 0.2) is 11.5 Å². The Bertz CT molecular complexity index is 346. The van der Waals surface area contributed by atoms with Crippen LogP contribution in [0.3, 0.4) is 0 Å². The molecule has 0 spiro atoms. The Morgan fingerprint density at radius 2 is 2.00 bits per heavy atom. The molecule has 0 amide bonds. The molecule has 0 aliphatic carbocycles. The quantitative estimate of drug-likeness (QED) is 0.322. The predicted octanol–water partition coefficient (Wildman–Crippen LogP) is 0.783. The zero-order valence-electron chi connectivity index (χ0n) is 7.71. The summed E-state index contributed by atoms with van der Waals surface area (Å²) in [7, 11) is 1.40. The van der Waals surface area contributed by atoms with Gasteiger partial charge in [-0.15, -0.1) is 0 Å². The van der Waals surface area contributed by atoms with Crippen molar-refractivity contribution in [2.45, 2.75) is 0 Å². The van der Waals surface area contributed by atoms with Gasteiger partial charge in [-0.2, -0.15) is 0 Å².